The lowest BCUT2D eigenvalue weighted by Gasteiger charge is -2.30. The molecule has 0 amide bonds. The molecule has 30 heavy (non-hydrogen) atoms. The number of hydrogen-bond acceptors (Lipinski definition) is 5. The van der Waals surface area contributed by atoms with E-state index in [0.29, 0.717) is 49.6 Å². The topological polar surface area (TPSA) is 46.1 Å². The molecule has 1 aliphatic heterocycles. The molecule has 2 heterocycles. The minimum Gasteiger partial charge on any atom is -0.347 e. The van der Waals surface area contributed by atoms with Crippen LogP contribution in [0.5, 0.6) is 0 Å². The van der Waals surface area contributed by atoms with Crippen LogP contribution < -0.4 is 4.90 Å². The van der Waals surface area contributed by atoms with Gasteiger partial charge in [0.1, 0.15) is 28.3 Å². The van der Waals surface area contributed by atoms with E-state index in [1.54, 1.807) is 12.1 Å². The number of carbonyl (C=O) groups excluding carboxylic acids is 1. The monoisotopic (exact) mass is 435 g/mol. The molecular formula is C21H17F4N3OS. The second kappa shape index (κ2) is 8.51. The average molecular weight is 435 g/mol. The van der Waals surface area contributed by atoms with Crippen molar-refractivity contribution in [3.63, 3.8) is 0 Å². The van der Waals surface area contributed by atoms with E-state index in [2.05, 4.69) is 10.2 Å². The first-order valence-electron chi connectivity index (χ1n) is 9.41. The Morgan fingerprint density at radius 3 is 2.23 bits per heavy atom. The van der Waals surface area contributed by atoms with E-state index in [-0.39, 0.29) is 5.82 Å². The van der Waals surface area contributed by atoms with Gasteiger partial charge < -0.3 is 4.90 Å². The molecule has 0 spiro atoms. The maximum atomic E-state index is 13.9. The van der Waals surface area contributed by atoms with Crippen LogP contribution in [0.25, 0.3) is 0 Å². The Morgan fingerprint density at radius 1 is 0.967 bits per heavy atom. The highest BCUT2D eigenvalue weighted by Crippen LogP contribution is 2.30. The largest absolute Gasteiger partial charge is 0.347 e. The van der Waals surface area contributed by atoms with Crippen LogP contribution in [0.2, 0.25) is 0 Å². The van der Waals surface area contributed by atoms with Gasteiger partial charge in [-0.3, -0.25) is 4.79 Å². The Bertz CT molecular complexity index is 1040. The fraction of sp³-hybridized carbons (Fsp3) is 0.286. The minimum atomic E-state index is -1.17. The molecule has 156 valence electrons. The fourth-order valence-electron chi connectivity index (χ4n) is 3.54. The zero-order valence-corrected chi connectivity index (χ0v) is 16.6. The summed E-state index contributed by atoms with van der Waals surface area (Å²) in [5, 5.41) is 9.86. The van der Waals surface area contributed by atoms with Gasteiger partial charge in [0.15, 0.2) is 5.78 Å². The summed E-state index contributed by atoms with van der Waals surface area (Å²) < 4.78 is 53.9. The fourth-order valence-corrected chi connectivity index (χ4v) is 4.46. The average Bonchev–Trinajstić information content (AvgIpc) is 3.17. The Hall–Kier alpha value is -2.81. The van der Waals surface area contributed by atoms with Crippen molar-refractivity contribution < 1.29 is 22.4 Å². The summed E-state index contributed by atoms with van der Waals surface area (Å²) in [4.78, 5) is 14.5. The van der Waals surface area contributed by atoms with E-state index in [1.165, 1.54) is 23.5 Å². The maximum Gasteiger partial charge on any atom is 0.208 e. The lowest BCUT2D eigenvalue weighted by molar-refractivity contribution is 0.0891. The first-order chi connectivity index (χ1) is 14.4. The molecule has 3 aromatic rings. The van der Waals surface area contributed by atoms with E-state index in [1.807, 2.05) is 4.90 Å². The van der Waals surface area contributed by atoms with Crippen LogP contribution in [0.1, 0.15) is 33.8 Å². The Kier molecular flexibility index (Phi) is 5.80. The first-order valence-corrected chi connectivity index (χ1v) is 10.2. The highest BCUT2D eigenvalue weighted by molar-refractivity contribution is 7.15. The molecule has 4 rings (SSSR count). The lowest BCUT2D eigenvalue weighted by Crippen LogP contribution is -2.36. The molecule has 0 atom stereocenters. The molecule has 0 radical (unpaired) electrons. The molecule has 9 heteroatoms. The highest BCUT2D eigenvalue weighted by atomic mass is 32.1. The second-order valence-corrected chi connectivity index (χ2v) is 8.19. The Morgan fingerprint density at radius 2 is 1.60 bits per heavy atom. The highest BCUT2D eigenvalue weighted by Gasteiger charge is 2.30. The van der Waals surface area contributed by atoms with Gasteiger partial charge in [-0.15, -0.1) is 10.2 Å². The molecule has 0 unspecified atom stereocenters. The van der Waals surface area contributed by atoms with Crippen molar-refractivity contribution in [3.8, 4) is 0 Å². The number of Topliss-reactive ketones (excluding diaryl/α,β-unsaturated/α-hetero) is 1. The van der Waals surface area contributed by atoms with Crippen LogP contribution in [-0.4, -0.2) is 29.1 Å². The van der Waals surface area contributed by atoms with Crippen LogP contribution in [0.3, 0.4) is 0 Å². The zero-order chi connectivity index (χ0) is 21.3. The number of ketones is 1. The number of anilines is 1. The SMILES string of the molecule is O=C(c1c(F)cc(F)cc1F)C1CCN(c2nnc(Cc3ccc(F)cc3)s2)CC1. The van der Waals surface area contributed by atoms with Crippen molar-refractivity contribution in [2.24, 2.45) is 5.92 Å². The number of aromatic nitrogens is 2. The van der Waals surface area contributed by atoms with Crippen molar-refractivity contribution in [2.45, 2.75) is 19.3 Å². The third-order valence-corrected chi connectivity index (χ3v) is 6.10. The molecular weight excluding hydrogens is 418 g/mol. The van der Waals surface area contributed by atoms with E-state index in [0.717, 1.165) is 10.6 Å². The van der Waals surface area contributed by atoms with Crippen molar-refractivity contribution in [2.75, 3.05) is 18.0 Å². The van der Waals surface area contributed by atoms with Gasteiger partial charge in [-0.1, -0.05) is 23.5 Å². The predicted octanol–water partition coefficient (Wildman–Crippen LogP) is 4.78. The van der Waals surface area contributed by atoms with Crippen molar-refractivity contribution in [1.29, 1.82) is 0 Å². The standard InChI is InChI=1S/C21H17F4N3OS/c22-14-3-1-12(2-4-14)9-18-26-27-21(30-18)28-7-5-13(6-8-28)20(29)19-16(24)10-15(23)11-17(19)25/h1-4,10-11,13H,5-9H2. The van der Waals surface area contributed by atoms with Crippen LogP contribution in [0, 0.1) is 29.2 Å². The van der Waals surface area contributed by atoms with Crippen LogP contribution in [-0.2, 0) is 6.42 Å². The van der Waals surface area contributed by atoms with Gasteiger partial charge >= 0.3 is 0 Å². The second-order valence-electron chi connectivity index (χ2n) is 7.15. The summed E-state index contributed by atoms with van der Waals surface area (Å²) in [6.45, 7) is 0.984. The third kappa shape index (κ3) is 4.35. The number of benzene rings is 2. The van der Waals surface area contributed by atoms with Gasteiger partial charge in [-0.2, -0.15) is 0 Å². The molecule has 0 aliphatic carbocycles. The van der Waals surface area contributed by atoms with Gasteiger partial charge in [0.25, 0.3) is 0 Å². The van der Waals surface area contributed by atoms with Gasteiger partial charge in [0.2, 0.25) is 5.13 Å². The summed E-state index contributed by atoms with van der Waals surface area (Å²) in [5.74, 6) is -4.87. The molecule has 1 fully saturated rings. The van der Waals surface area contributed by atoms with Gasteiger partial charge in [-0.25, -0.2) is 17.6 Å². The van der Waals surface area contributed by atoms with Gasteiger partial charge in [0.05, 0.1) is 5.56 Å². The van der Waals surface area contributed by atoms with Crippen LogP contribution in [0.4, 0.5) is 22.7 Å². The summed E-state index contributed by atoms with van der Waals surface area (Å²) in [6, 6.07) is 7.23. The number of halogens is 4. The number of carbonyl (C=O) groups is 1. The smallest absolute Gasteiger partial charge is 0.208 e. The number of rotatable bonds is 5. The molecule has 4 nitrogen and oxygen atoms in total. The number of piperidine rings is 1. The molecule has 2 aromatic carbocycles. The predicted molar refractivity (Wildman–Crippen MR) is 105 cm³/mol. The van der Waals surface area contributed by atoms with Crippen molar-refractivity contribution >= 4 is 22.3 Å². The third-order valence-electron chi connectivity index (χ3n) is 5.11. The zero-order valence-electron chi connectivity index (χ0n) is 15.7. The van der Waals surface area contributed by atoms with E-state index < -0.39 is 34.7 Å². The summed E-state index contributed by atoms with van der Waals surface area (Å²) in [6.07, 6.45) is 1.35. The Labute approximate surface area is 174 Å². The summed E-state index contributed by atoms with van der Waals surface area (Å²) in [5.41, 5.74) is 0.249. The van der Waals surface area contributed by atoms with Crippen molar-refractivity contribution in [3.05, 3.63) is 75.8 Å². The quantitative estimate of drug-likeness (QED) is 0.427. The summed E-state index contributed by atoms with van der Waals surface area (Å²) in [7, 11) is 0. The van der Waals surface area contributed by atoms with Gasteiger partial charge in [-0.05, 0) is 30.5 Å². The number of nitrogens with zero attached hydrogens (tertiary/aromatic N) is 3. The molecule has 1 aromatic heterocycles. The van der Waals surface area contributed by atoms with Crippen LogP contribution >= 0.6 is 11.3 Å². The van der Waals surface area contributed by atoms with Gasteiger partial charge in [0, 0.05) is 37.6 Å². The Balaban J connectivity index is 1.38. The minimum absolute atomic E-state index is 0.297. The molecule has 1 saturated heterocycles. The van der Waals surface area contributed by atoms with E-state index in [4.69, 9.17) is 0 Å². The van der Waals surface area contributed by atoms with Crippen molar-refractivity contribution in [1.82, 2.24) is 10.2 Å². The first kappa shape index (κ1) is 20.5. The molecule has 0 N–H and O–H groups in total. The lowest BCUT2D eigenvalue weighted by atomic mass is 9.88. The molecule has 0 bridgehead atoms. The normalized spacial score (nSPS) is 14.9. The summed E-state index contributed by atoms with van der Waals surface area (Å²) >= 11 is 1.41. The molecule has 0 saturated carbocycles. The van der Waals surface area contributed by atoms with E-state index >= 15 is 0 Å². The number of hydrogen-bond donors (Lipinski definition) is 0. The molecule has 1 aliphatic rings. The van der Waals surface area contributed by atoms with E-state index in [9.17, 15) is 22.4 Å². The maximum absolute atomic E-state index is 13.9. The van der Waals surface area contributed by atoms with Crippen LogP contribution in [0.15, 0.2) is 36.4 Å².